The van der Waals surface area contributed by atoms with Crippen molar-refractivity contribution in [1.29, 1.82) is 0 Å². The second-order valence-electron chi connectivity index (χ2n) is 3.90. The van der Waals surface area contributed by atoms with Crippen LogP contribution < -0.4 is 5.73 Å². The van der Waals surface area contributed by atoms with Crippen LogP contribution in [0.3, 0.4) is 0 Å². The van der Waals surface area contributed by atoms with Crippen molar-refractivity contribution in [1.82, 2.24) is 0 Å². The molecule has 2 atom stereocenters. The molecule has 1 aliphatic rings. The summed E-state index contributed by atoms with van der Waals surface area (Å²) in [5.41, 5.74) is 6.16. The van der Waals surface area contributed by atoms with Crippen LogP contribution in [0.15, 0.2) is 23.1 Å². The fourth-order valence-corrected chi connectivity index (χ4v) is 4.00. The van der Waals surface area contributed by atoms with Crippen LogP contribution in [-0.2, 0) is 16.3 Å². The molecule has 82 valence electrons. The maximum absolute atomic E-state index is 12.9. The van der Waals surface area contributed by atoms with Crippen molar-refractivity contribution in [2.24, 2.45) is 5.73 Å². The number of rotatable bonds is 1. The van der Waals surface area contributed by atoms with E-state index >= 15 is 0 Å². The Bertz CT molecular complexity index is 496. The third-order valence-corrected chi connectivity index (χ3v) is 5.14. The summed E-state index contributed by atoms with van der Waals surface area (Å²) in [6, 6.07) is 3.32. The zero-order valence-electron chi connectivity index (χ0n) is 8.27. The molecule has 1 aliphatic heterocycles. The molecule has 1 heterocycles. The van der Waals surface area contributed by atoms with E-state index in [9.17, 15) is 12.8 Å². The Kier molecular flexibility index (Phi) is 2.31. The highest BCUT2D eigenvalue weighted by Crippen LogP contribution is 2.32. The molecule has 0 radical (unpaired) electrons. The molecular formula is C10H12FNO2S. The zero-order valence-corrected chi connectivity index (χ0v) is 9.09. The number of fused-ring (bicyclic) bond motifs is 1. The van der Waals surface area contributed by atoms with Crippen LogP contribution in [0.2, 0.25) is 0 Å². The fourth-order valence-electron chi connectivity index (χ4n) is 1.94. The highest BCUT2D eigenvalue weighted by molar-refractivity contribution is 7.92. The Hall–Kier alpha value is -0.940. The van der Waals surface area contributed by atoms with E-state index in [1.165, 1.54) is 18.2 Å². The molecular weight excluding hydrogens is 217 g/mol. The maximum atomic E-state index is 12.9. The molecule has 0 saturated carbocycles. The van der Waals surface area contributed by atoms with Crippen LogP contribution in [0.5, 0.6) is 0 Å². The van der Waals surface area contributed by atoms with Crippen molar-refractivity contribution >= 4 is 9.84 Å². The maximum Gasteiger partial charge on any atom is 0.183 e. The van der Waals surface area contributed by atoms with Gasteiger partial charge in [-0.2, -0.15) is 0 Å². The van der Waals surface area contributed by atoms with Gasteiger partial charge in [0.05, 0.1) is 10.1 Å². The summed E-state index contributed by atoms with van der Waals surface area (Å²) in [5, 5.41) is -0.616. The van der Waals surface area contributed by atoms with Gasteiger partial charge >= 0.3 is 0 Å². The zero-order chi connectivity index (χ0) is 11.2. The highest BCUT2D eigenvalue weighted by atomic mass is 32.2. The second kappa shape index (κ2) is 3.28. The largest absolute Gasteiger partial charge is 0.327 e. The van der Waals surface area contributed by atoms with Crippen LogP contribution in [0.4, 0.5) is 4.39 Å². The van der Waals surface area contributed by atoms with Crippen LogP contribution in [0.25, 0.3) is 0 Å². The molecule has 1 aromatic carbocycles. The first kappa shape index (κ1) is 10.6. The number of hydrogen-bond donors (Lipinski definition) is 1. The molecule has 2 rings (SSSR count). The molecule has 0 aromatic heterocycles. The second-order valence-corrected chi connectivity index (χ2v) is 6.03. The Labute approximate surface area is 88.0 Å². The number of hydrogen-bond acceptors (Lipinski definition) is 3. The normalized spacial score (nSPS) is 24.9. The summed E-state index contributed by atoms with van der Waals surface area (Å²) < 4.78 is 36.8. The number of sulfone groups is 1. The summed E-state index contributed by atoms with van der Waals surface area (Å²) >= 11 is 0. The average molecular weight is 229 g/mol. The first-order chi connectivity index (χ1) is 6.93. The Morgan fingerprint density at radius 2 is 2.20 bits per heavy atom. The lowest BCUT2D eigenvalue weighted by atomic mass is 10.1. The smallest absolute Gasteiger partial charge is 0.183 e. The van der Waals surface area contributed by atoms with Crippen molar-refractivity contribution in [2.75, 3.05) is 0 Å². The van der Waals surface area contributed by atoms with Gasteiger partial charge in [-0.05, 0) is 37.1 Å². The minimum atomic E-state index is -3.35. The van der Waals surface area contributed by atoms with E-state index < -0.39 is 26.9 Å². The van der Waals surface area contributed by atoms with E-state index in [2.05, 4.69) is 0 Å². The summed E-state index contributed by atoms with van der Waals surface area (Å²) in [6.45, 7) is 1.66. The first-order valence-corrected chi connectivity index (χ1v) is 6.25. The van der Waals surface area contributed by atoms with E-state index in [4.69, 9.17) is 5.73 Å². The van der Waals surface area contributed by atoms with Gasteiger partial charge in [0.1, 0.15) is 5.82 Å². The molecule has 15 heavy (non-hydrogen) atoms. The highest BCUT2D eigenvalue weighted by Gasteiger charge is 2.39. The van der Waals surface area contributed by atoms with E-state index in [0.717, 1.165) is 0 Å². The molecule has 0 saturated heterocycles. The third kappa shape index (κ3) is 1.55. The van der Waals surface area contributed by atoms with Gasteiger partial charge in [-0.3, -0.25) is 0 Å². The molecule has 0 spiro atoms. The van der Waals surface area contributed by atoms with Gasteiger partial charge in [0.15, 0.2) is 9.84 Å². The lowest BCUT2D eigenvalue weighted by Gasteiger charge is -2.12. The molecule has 2 unspecified atom stereocenters. The Morgan fingerprint density at radius 3 is 2.80 bits per heavy atom. The van der Waals surface area contributed by atoms with Gasteiger partial charge < -0.3 is 5.73 Å². The lowest BCUT2D eigenvalue weighted by Crippen LogP contribution is -2.36. The Morgan fingerprint density at radius 1 is 1.53 bits per heavy atom. The van der Waals surface area contributed by atoms with Crippen LogP contribution >= 0.6 is 0 Å². The van der Waals surface area contributed by atoms with E-state index in [0.29, 0.717) is 12.0 Å². The molecule has 0 aliphatic carbocycles. The van der Waals surface area contributed by atoms with Crippen LogP contribution in [0, 0.1) is 5.82 Å². The summed E-state index contributed by atoms with van der Waals surface area (Å²) in [4.78, 5) is 0.228. The predicted molar refractivity (Wildman–Crippen MR) is 54.7 cm³/mol. The fraction of sp³-hybridized carbons (Fsp3) is 0.400. The van der Waals surface area contributed by atoms with Crippen molar-refractivity contribution in [3.8, 4) is 0 Å². The minimum Gasteiger partial charge on any atom is -0.327 e. The molecule has 0 bridgehead atoms. The van der Waals surface area contributed by atoms with Gasteiger partial charge in [0.2, 0.25) is 0 Å². The van der Waals surface area contributed by atoms with Crippen molar-refractivity contribution in [3.05, 3.63) is 29.6 Å². The molecule has 0 fully saturated rings. The number of benzene rings is 1. The monoisotopic (exact) mass is 229 g/mol. The molecule has 0 amide bonds. The third-order valence-electron chi connectivity index (χ3n) is 2.74. The molecule has 3 nitrogen and oxygen atoms in total. The van der Waals surface area contributed by atoms with Gasteiger partial charge in [0, 0.05) is 6.04 Å². The van der Waals surface area contributed by atoms with Crippen molar-refractivity contribution in [3.63, 3.8) is 0 Å². The van der Waals surface area contributed by atoms with Crippen LogP contribution in [0.1, 0.15) is 12.5 Å². The average Bonchev–Trinajstić information content (AvgIpc) is 2.37. The summed E-state index contributed by atoms with van der Waals surface area (Å²) in [5.74, 6) is -0.408. The van der Waals surface area contributed by atoms with E-state index in [1.807, 2.05) is 0 Å². The number of halogens is 1. The quantitative estimate of drug-likeness (QED) is 0.727. The molecule has 1 aromatic rings. The van der Waals surface area contributed by atoms with E-state index in [-0.39, 0.29) is 4.90 Å². The summed E-state index contributed by atoms with van der Waals surface area (Å²) in [7, 11) is -3.35. The van der Waals surface area contributed by atoms with Crippen molar-refractivity contribution in [2.45, 2.75) is 29.5 Å². The number of nitrogens with two attached hydrogens (primary N) is 1. The topological polar surface area (TPSA) is 60.2 Å². The minimum absolute atomic E-state index is 0.228. The lowest BCUT2D eigenvalue weighted by molar-refractivity contribution is 0.569. The van der Waals surface area contributed by atoms with Gasteiger partial charge in [0.25, 0.3) is 0 Å². The van der Waals surface area contributed by atoms with Crippen LogP contribution in [-0.4, -0.2) is 19.7 Å². The van der Waals surface area contributed by atoms with Gasteiger partial charge in [-0.1, -0.05) is 0 Å². The SMILES string of the molecule is CC(N)C1Cc2cc(F)ccc2S1(=O)=O. The van der Waals surface area contributed by atoms with E-state index in [1.54, 1.807) is 6.92 Å². The standard InChI is InChI=1S/C10H12FNO2S/c1-6(12)10-5-7-4-8(11)2-3-9(7)15(10,13)14/h2-4,6,10H,5,12H2,1H3. The molecule has 2 N–H and O–H groups in total. The Balaban J connectivity index is 2.57. The predicted octanol–water partition coefficient (Wildman–Crippen LogP) is 0.871. The van der Waals surface area contributed by atoms with Gasteiger partial charge in [-0.15, -0.1) is 0 Å². The molecule has 5 heteroatoms. The van der Waals surface area contributed by atoms with Crippen molar-refractivity contribution < 1.29 is 12.8 Å². The summed E-state index contributed by atoms with van der Waals surface area (Å²) in [6.07, 6.45) is 0.313. The first-order valence-electron chi connectivity index (χ1n) is 4.71. The van der Waals surface area contributed by atoms with Gasteiger partial charge in [-0.25, -0.2) is 12.8 Å².